The molecule has 8 heteroatoms. The van der Waals surface area contributed by atoms with Gasteiger partial charge in [-0.15, -0.1) is 0 Å². The molecule has 0 saturated heterocycles. The number of nitrogens with one attached hydrogen (secondary N) is 1. The number of hydrogen-bond donors (Lipinski definition) is 1. The van der Waals surface area contributed by atoms with E-state index in [0.29, 0.717) is 25.1 Å². The topological polar surface area (TPSA) is 82.7 Å². The van der Waals surface area contributed by atoms with Crippen LogP contribution in [-0.4, -0.2) is 36.1 Å². The average molecular weight is 403 g/mol. The number of pyridine rings is 2. The van der Waals surface area contributed by atoms with Crippen molar-refractivity contribution < 1.29 is 4.74 Å². The van der Waals surface area contributed by atoms with Gasteiger partial charge in [0.05, 0.1) is 41.5 Å². The third-order valence-electron chi connectivity index (χ3n) is 5.28. The third kappa shape index (κ3) is 3.38. The molecule has 154 valence electrons. The molecule has 0 aromatic carbocycles. The Morgan fingerprint density at radius 1 is 1.30 bits per heavy atom. The first-order valence-electron chi connectivity index (χ1n) is 10.3. The summed E-state index contributed by atoms with van der Waals surface area (Å²) in [4.78, 5) is 9.38. The van der Waals surface area contributed by atoms with E-state index in [9.17, 15) is 0 Å². The Morgan fingerprint density at radius 3 is 2.90 bits per heavy atom. The molecule has 0 atom stereocenters. The quantitative estimate of drug-likeness (QED) is 0.504. The zero-order chi connectivity index (χ0) is 20.7. The first kappa shape index (κ1) is 18.6. The molecule has 8 nitrogen and oxygen atoms in total. The monoisotopic (exact) mass is 403 g/mol. The maximum Gasteiger partial charge on any atom is 0.222 e. The number of ether oxygens (including phenoxy) is 1. The molecule has 4 aromatic heterocycles. The first-order valence-corrected chi connectivity index (χ1v) is 10.3. The Balaban J connectivity index is 1.63. The molecule has 1 aliphatic carbocycles. The Kier molecular flexibility index (Phi) is 4.61. The predicted molar refractivity (Wildman–Crippen MR) is 115 cm³/mol. The predicted octanol–water partition coefficient (Wildman–Crippen LogP) is 3.88. The van der Waals surface area contributed by atoms with Gasteiger partial charge in [-0.2, -0.15) is 10.2 Å². The second kappa shape index (κ2) is 7.44. The van der Waals surface area contributed by atoms with Crippen LogP contribution >= 0.6 is 0 Å². The van der Waals surface area contributed by atoms with Gasteiger partial charge in [0.1, 0.15) is 11.0 Å². The molecule has 30 heavy (non-hydrogen) atoms. The SMILES string of the molecule is CCOc1ncccc1-c1cc(NCc2cnn(C)c2)c2c(n1)c(C)nn2C1CC1. The zero-order valence-electron chi connectivity index (χ0n) is 17.5. The summed E-state index contributed by atoms with van der Waals surface area (Å²) in [6, 6.07) is 6.45. The highest BCUT2D eigenvalue weighted by Crippen LogP contribution is 2.40. The van der Waals surface area contributed by atoms with E-state index in [2.05, 4.69) is 26.1 Å². The highest BCUT2D eigenvalue weighted by Gasteiger charge is 2.29. The van der Waals surface area contributed by atoms with Gasteiger partial charge in [-0.1, -0.05) is 0 Å². The number of rotatable bonds is 7. The smallest absolute Gasteiger partial charge is 0.222 e. The van der Waals surface area contributed by atoms with Gasteiger partial charge >= 0.3 is 0 Å². The van der Waals surface area contributed by atoms with E-state index < -0.39 is 0 Å². The van der Waals surface area contributed by atoms with Gasteiger partial charge in [0.15, 0.2) is 0 Å². The van der Waals surface area contributed by atoms with Gasteiger partial charge in [-0.3, -0.25) is 9.36 Å². The second-order valence-corrected chi connectivity index (χ2v) is 7.68. The molecular weight excluding hydrogens is 378 g/mol. The van der Waals surface area contributed by atoms with Crippen molar-refractivity contribution in [3.05, 3.63) is 48.0 Å². The van der Waals surface area contributed by atoms with Crippen LogP contribution in [0.15, 0.2) is 36.8 Å². The van der Waals surface area contributed by atoms with E-state index >= 15 is 0 Å². The van der Waals surface area contributed by atoms with E-state index in [0.717, 1.165) is 52.1 Å². The van der Waals surface area contributed by atoms with E-state index in [1.165, 1.54) is 0 Å². The Labute approximate surface area is 174 Å². The van der Waals surface area contributed by atoms with Crippen molar-refractivity contribution in [1.82, 2.24) is 29.5 Å². The highest BCUT2D eigenvalue weighted by atomic mass is 16.5. The van der Waals surface area contributed by atoms with Gasteiger partial charge in [0.25, 0.3) is 0 Å². The summed E-state index contributed by atoms with van der Waals surface area (Å²) >= 11 is 0. The van der Waals surface area contributed by atoms with Gasteiger partial charge < -0.3 is 10.1 Å². The Hall–Kier alpha value is -3.42. The van der Waals surface area contributed by atoms with E-state index in [1.54, 1.807) is 6.20 Å². The normalized spacial score (nSPS) is 13.7. The highest BCUT2D eigenvalue weighted by molar-refractivity contribution is 5.93. The lowest BCUT2D eigenvalue weighted by Gasteiger charge is -2.13. The molecule has 1 N–H and O–H groups in total. The number of aryl methyl sites for hydroxylation is 2. The minimum absolute atomic E-state index is 0.463. The van der Waals surface area contributed by atoms with Gasteiger partial charge in [-0.25, -0.2) is 9.97 Å². The number of anilines is 1. The summed E-state index contributed by atoms with van der Waals surface area (Å²) in [5.74, 6) is 0.595. The minimum Gasteiger partial charge on any atom is -0.477 e. The minimum atomic E-state index is 0.463. The van der Waals surface area contributed by atoms with Crippen molar-refractivity contribution in [2.24, 2.45) is 7.05 Å². The number of aromatic nitrogens is 6. The number of nitrogens with zero attached hydrogens (tertiary/aromatic N) is 6. The summed E-state index contributed by atoms with van der Waals surface area (Å²) in [5.41, 5.74) is 6.75. The first-order chi connectivity index (χ1) is 14.6. The van der Waals surface area contributed by atoms with Crippen LogP contribution < -0.4 is 10.1 Å². The zero-order valence-corrected chi connectivity index (χ0v) is 17.5. The maximum absolute atomic E-state index is 5.76. The van der Waals surface area contributed by atoms with Gasteiger partial charge in [0, 0.05) is 31.5 Å². The number of fused-ring (bicyclic) bond motifs is 1. The molecule has 0 bridgehead atoms. The van der Waals surface area contributed by atoms with Crippen LogP contribution in [0.5, 0.6) is 5.88 Å². The van der Waals surface area contributed by atoms with Crippen molar-refractivity contribution in [2.45, 2.75) is 39.3 Å². The molecule has 4 aromatic rings. The third-order valence-corrected chi connectivity index (χ3v) is 5.28. The molecule has 5 rings (SSSR count). The van der Waals surface area contributed by atoms with Crippen LogP contribution in [0, 0.1) is 6.92 Å². The van der Waals surface area contributed by atoms with Crippen LogP contribution in [0.2, 0.25) is 0 Å². The fraction of sp³-hybridized carbons (Fsp3) is 0.364. The van der Waals surface area contributed by atoms with Crippen LogP contribution in [0.3, 0.4) is 0 Å². The summed E-state index contributed by atoms with van der Waals surface area (Å²) in [6.45, 7) is 5.21. The standard InChI is InChI=1S/C22H25N7O/c1-4-30-22-17(6-5-9-23-22)18-10-19(24-11-15-12-25-28(3)13-15)21-20(26-18)14(2)27-29(21)16-7-8-16/h5-6,9-10,12-13,16H,4,7-8,11H2,1-3H3,(H,24,26). The van der Waals surface area contributed by atoms with Crippen LogP contribution in [0.4, 0.5) is 5.69 Å². The van der Waals surface area contributed by atoms with E-state index in [4.69, 9.17) is 14.8 Å². The average Bonchev–Trinajstić information content (AvgIpc) is 3.43. The summed E-state index contributed by atoms with van der Waals surface area (Å²) < 4.78 is 9.71. The molecule has 1 aliphatic rings. The molecule has 1 fully saturated rings. The van der Waals surface area contributed by atoms with Crippen molar-refractivity contribution in [2.75, 3.05) is 11.9 Å². The lowest BCUT2D eigenvalue weighted by atomic mass is 10.1. The summed E-state index contributed by atoms with van der Waals surface area (Å²) in [5, 5.41) is 12.7. The molecule has 4 heterocycles. The Bertz CT molecular complexity index is 1210. The molecule has 0 aliphatic heterocycles. The maximum atomic E-state index is 5.76. The summed E-state index contributed by atoms with van der Waals surface area (Å²) in [6.07, 6.45) is 7.97. The fourth-order valence-corrected chi connectivity index (χ4v) is 3.74. The van der Waals surface area contributed by atoms with Crippen molar-refractivity contribution in [1.29, 1.82) is 0 Å². The van der Waals surface area contributed by atoms with E-state index in [1.807, 2.05) is 50.1 Å². The van der Waals surface area contributed by atoms with Gasteiger partial charge in [0.2, 0.25) is 5.88 Å². The van der Waals surface area contributed by atoms with Crippen molar-refractivity contribution in [3.8, 4) is 17.1 Å². The van der Waals surface area contributed by atoms with Crippen molar-refractivity contribution in [3.63, 3.8) is 0 Å². The van der Waals surface area contributed by atoms with Gasteiger partial charge in [-0.05, 0) is 44.9 Å². The molecule has 0 unspecified atom stereocenters. The number of hydrogen-bond acceptors (Lipinski definition) is 6. The largest absolute Gasteiger partial charge is 0.477 e. The molecule has 0 spiro atoms. The molecular formula is C22H25N7O. The van der Waals surface area contributed by atoms with Crippen LogP contribution in [0.25, 0.3) is 22.3 Å². The van der Waals surface area contributed by atoms with Crippen LogP contribution in [-0.2, 0) is 13.6 Å². The lowest BCUT2D eigenvalue weighted by Crippen LogP contribution is -2.05. The summed E-state index contributed by atoms with van der Waals surface area (Å²) in [7, 11) is 1.93. The molecule has 0 amide bonds. The fourth-order valence-electron chi connectivity index (χ4n) is 3.74. The Morgan fingerprint density at radius 2 is 2.17 bits per heavy atom. The second-order valence-electron chi connectivity index (χ2n) is 7.68. The molecule has 0 radical (unpaired) electrons. The lowest BCUT2D eigenvalue weighted by molar-refractivity contribution is 0.328. The van der Waals surface area contributed by atoms with E-state index in [-0.39, 0.29) is 0 Å². The molecule has 1 saturated carbocycles. The van der Waals surface area contributed by atoms with Crippen LogP contribution in [0.1, 0.15) is 37.1 Å². The van der Waals surface area contributed by atoms with Crippen molar-refractivity contribution >= 4 is 16.7 Å².